The zero-order valence-corrected chi connectivity index (χ0v) is 16.0. The van der Waals surface area contributed by atoms with Crippen LogP contribution in [0.3, 0.4) is 0 Å². The number of rotatable bonds is 3. The number of carbonyl (C=O) groups is 1. The Morgan fingerprint density at radius 3 is 2.81 bits per heavy atom. The molecular weight excluding hydrogens is 340 g/mol. The van der Waals surface area contributed by atoms with Gasteiger partial charge in [0.2, 0.25) is 0 Å². The van der Waals surface area contributed by atoms with Crippen molar-refractivity contribution in [2.45, 2.75) is 26.4 Å². The third kappa shape index (κ3) is 3.21. The highest BCUT2D eigenvalue weighted by Gasteiger charge is 2.27. The van der Waals surface area contributed by atoms with E-state index in [1.54, 1.807) is 4.68 Å². The number of hydrogen-bond donors (Lipinski definition) is 0. The van der Waals surface area contributed by atoms with E-state index >= 15 is 0 Å². The van der Waals surface area contributed by atoms with E-state index < -0.39 is 0 Å². The molecule has 140 valence electrons. The smallest absolute Gasteiger partial charge is 0.254 e. The number of benzene rings is 1. The molecule has 1 saturated heterocycles. The number of morpholine rings is 1. The van der Waals surface area contributed by atoms with Crippen molar-refractivity contribution in [3.63, 3.8) is 0 Å². The van der Waals surface area contributed by atoms with E-state index in [4.69, 9.17) is 9.72 Å². The van der Waals surface area contributed by atoms with Crippen LogP contribution < -0.4 is 0 Å². The van der Waals surface area contributed by atoms with E-state index in [2.05, 4.69) is 12.0 Å². The molecule has 1 aromatic carbocycles. The molecular formula is C21H24N4O2. The monoisotopic (exact) mass is 364 g/mol. The number of aromatic nitrogens is 3. The predicted octanol–water partition coefficient (Wildman–Crippen LogP) is 3.19. The second-order valence-electron chi connectivity index (χ2n) is 6.98. The van der Waals surface area contributed by atoms with Crippen LogP contribution in [-0.2, 0) is 11.8 Å². The van der Waals surface area contributed by atoms with E-state index in [9.17, 15) is 4.79 Å². The fraction of sp³-hybridized carbons (Fsp3) is 0.381. The van der Waals surface area contributed by atoms with Crippen LogP contribution in [0, 0.1) is 6.92 Å². The minimum atomic E-state index is 0.0254. The number of aryl methyl sites for hydroxylation is 2. The Morgan fingerprint density at radius 2 is 2.07 bits per heavy atom. The summed E-state index contributed by atoms with van der Waals surface area (Å²) in [6.07, 6.45) is 1.00. The van der Waals surface area contributed by atoms with E-state index in [1.165, 1.54) is 0 Å². The van der Waals surface area contributed by atoms with E-state index in [-0.39, 0.29) is 12.0 Å². The van der Waals surface area contributed by atoms with Gasteiger partial charge in [0.1, 0.15) is 0 Å². The highest BCUT2D eigenvalue weighted by atomic mass is 16.5. The number of ether oxygens (including phenoxy) is 1. The first-order valence-electron chi connectivity index (χ1n) is 9.39. The average molecular weight is 364 g/mol. The molecule has 1 unspecified atom stereocenters. The Hall–Kier alpha value is -2.73. The molecule has 1 aliphatic rings. The average Bonchev–Trinajstić information content (AvgIpc) is 3.01. The van der Waals surface area contributed by atoms with Gasteiger partial charge in [0, 0.05) is 25.7 Å². The van der Waals surface area contributed by atoms with E-state index in [0.717, 1.165) is 34.4 Å². The molecule has 0 bridgehead atoms. The fourth-order valence-electron chi connectivity index (χ4n) is 3.69. The topological polar surface area (TPSA) is 60.2 Å². The standard InChI is InChI=1S/C21H24N4O2/c1-4-16-13-25(10-11-27-16)21(26)17-12-18(15-8-6-5-7-9-15)22-20-19(17)14(2)23-24(20)3/h5-9,12,16H,4,10-11,13H2,1-3H3. The molecule has 1 fully saturated rings. The van der Waals surface area contributed by atoms with Gasteiger partial charge in [-0.3, -0.25) is 9.48 Å². The number of fused-ring (bicyclic) bond motifs is 1. The summed E-state index contributed by atoms with van der Waals surface area (Å²) in [6, 6.07) is 11.9. The number of carbonyl (C=O) groups excluding carboxylic acids is 1. The molecule has 6 nitrogen and oxygen atoms in total. The van der Waals surface area contributed by atoms with Crippen molar-refractivity contribution < 1.29 is 9.53 Å². The Labute approximate surface area is 158 Å². The van der Waals surface area contributed by atoms with Crippen LogP contribution in [0.1, 0.15) is 29.4 Å². The normalized spacial score (nSPS) is 17.4. The fourth-order valence-corrected chi connectivity index (χ4v) is 3.69. The molecule has 4 rings (SSSR count). The molecule has 2 aromatic heterocycles. The third-order valence-corrected chi connectivity index (χ3v) is 5.15. The lowest BCUT2D eigenvalue weighted by molar-refractivity contribution is -0.0225. The maximum absolute atomic E-state index is 13.4. The minimum Gasteiger partial charge on any atom is -0.375 e. The van der Waals surface area contributed by atoms with E-state index in [0.29, 0.717) is 25.3 Å². The van der Waals surface area contributed by atoms with Crippen molar-refractivity contribution in [2.24, 2.45) is 7.05 Å². The second kappa shape index (κ2) is 7.12. The van der Waals surface area contributed by atoms with Crippen molar-refractivity contribution >= 4 is 16.9 Å². The van der Waals surface area contributed by atoms with Gasteiger partial charge in [-0.1, -0.05) is 37.3 Å². The summed E-state index contributed by atoms with van der Waals surface area (Å²) < 4.78 is 7.48. The highest BCUT2D eigenvalue weighted by molar-refractivity contribution is 6.07. The van der Waals surface area contributed by atoms with Gasteiger partial charge in [0.15, 0.2) is 5.65 Å². The lowest BCUT2D eigenvalue weighted by Gasteiger charge is -2.32. The zero-order chi connectivity index (χ0) is 19.0. The lowest BCUT2D eigenvalue weighted by atomic mass is 10.0. The van der Waals surface area contributed by atoms with Crippen LogP contribution in [0.25, 0.3) is 22.3 Å². The largest absolute Gasteiger partial charge is 0.375 e. The van der Waals surface area contributed by atoms with Gasteiger partial charge in [-0.15, -0.1) is 0 Å². The maximum atomic E-state index is 13.4. The molecule has 1 aliphatic heterocycles. The SMILES string of the molecule is CCC1CN(C(=O)c2cc(-c3ccccc3)nc3c2c(C)nn3C)CCO1. The van der Waals surface area contributed by atoms with Crippen molar-refractivity contribution in [1.82, 2.24) is 19.7 Å². The van der Waals surface area contributed by atoms with Gasteiger partial charge in [0.25, 0.3) is 5.91 Å². The zero-order valence-electron chi connectivity index (χ0n) is 16.0. The molecule has 0 saturated carbocycles. The summed E-state index contributed by atoms with van der Waals surface area (Å²) >= 11 is 0. The molecule has 0 spiro atoms. The van der Waals surface area contributed by atoms with Gasteiger partial charge in [-0.2, -0.15) is 5.10 Å². The molecule has 27 heavy (non-hydrogen) atoms. The summed E-state index contributed by atoms with van der Waals surface area (Å²) in [6.45, 7) is 5.83. The minimum absolute atomic E-state index is 0.0254. The van der Waals surface area contributed by atoms with Gasteiger partial charge >= 0.3 is 0 Å². The maximum Gasteiger partial charge on any atom is 0.254 e. The van der Waals surface area contributed by atoms with Crippen molar-refractivity contribution in [2.75, 3.05) is 19.7 Å². The van der Waals surface area contributed by atoms with Gasteiger partial charge in [-0.25, -0.2) is 4.98 Å². The van der Waals surface area contributed by atoms with Crippen LogP contribution in [0.15, 0.2) is 36.4 Å². The molecule has 0 radical (unpaired) electrons. The number of nitrogens with zero attached hydrogens (tertiary/aromatic N) is 4. The molecule has 6 heteroatoms. The van der Waals surface area contributed by atoms with Gasteiger partial charge in [0.05, 0.1) is 35.0 Å². The van der Waals surface area contributed by atoms with Crippen LogP contribution >= 0.6 is 0 Å². The van der Waals surface area contributed by atoms with Crippen molar-refractivity contribution in [3.8, 4) is 11.3 Å². The summed E-state index contributed by atoms with van der Waals surface area (Å²) in [7, 11) is 1.87. The molecule has 1 atom stereocenters. The Kier molecular flexibility index (Phi) is 4.66. The highest BCUT2D eigenvalue weighted by Crippen LogP contribution is 2.28. The second-order valence-corrected chi connectivity index (χ2v) is 6.98. The predicted molar refractivity (Wildman–Crippen MR) is 105 cm³/mol. The van der Waals surface area contributed by atoms with Crippen molar-refractivity contribution in [3.05, 3.63) is 47.7 Å². The molecule has 3 heterocycles. The molecule has 0 aliphatic carbocycles. The Balaban J connectivity index is 1.84. The first-order valence-corrected chi connectivity index (χ1v) is 9.39. The molecule has 3 aromatic rings. The Morgan fingerprint density at radius 1 is 1.30 bits per heavy atom. The number of pyridine rings is 1. The van der Waals surface area contributed by atoms with Crippen LogP contribution in [0.4, 0.5) is 0 Å². The van der Waals surface area contributed by atoms with Crippen LogP contribution in [0.2, 0.25) is 0 Å². The number of hydrogen-bond acceptors (Lipinski definition) is 4. The van der Waals surface area contributed by atoms with Crippen LogP contribution in [0.5, 0.6) is 0 Å². The first-order chi connectivity index (χ1) is 13.1. The summed E-state index contributed by atoms with van der Waals surface area (Å²) in [5.41, 5.74) is 4.00. The Bertz CT molecular complexity index is 981. The number of amides is 1. The van der Waals surface area contributed by atoms with Gasteiger partial charge < -0.3 is 9.64 Å². The third-order valence-electron chi connectivity index (χ3n) is 5.15. The summed E-state index contributed by atoms with van der Waals surface area (Å²) in [4.78, 5) is 20.1. The quantitative estimate of drug-likeness (QED) is 0.716. The van der Waals surface area contributed by atoms with Gasteiger partial charge in [-0.05, 0) is 19.4 Å². The lowest BCUT2D eigenvalue weighted by Crippen LogP contribution is -2.45. The first kappa shape index (κ1) is 17.7. The molecule has 1 amide bonds. The molecule has 0 N–H and O–H groups in total. The van der Waals surface area contributed by atoms with Crippen LogP contribution in [-0.4, -0.2) is 51.4 Å². The van der Waals surface area contributed by atoms with Crippen molar-refractivity contribution in [1.29, 1.82) is 0 Å². The summed E-state index contributed by atoms with van der Waals surface area (Å²) in [5, 5.41) is 5.34. The summed E-state index contributed by atoms with van der Waals surface area (Å²) in [5.74, 6) is 0.0254. The van der Waals surface area contributed by atoms with E-state index in [1.807, 2.05) is 55.3 Å².